The minimum absolute atomic E-state index is 0.136. The van der Waals surface area contributed by atoms with Crippen molar-refractivity contribution in [1.82, 2.24) is 9.97 Å². The van der Waals surface area contributed by atoms with E-state index in [1.54, 1.807) is 12.3 Å². The van der Waals surface area contributed by atoms with Crippen LogP contribution in [0.1, 0.15) is 26.3 Å². The molecular formula is C14H15ClN2O. The van der Waals surface area contributed by atoms with Gasteiger partial charge in [-0.2, -0.15) is 4.98 Å². The number of ether oxygens (including phenoxy) is 1. The molecule has 0 bridgehead atoms. The zero-order valence-electron chi connectivity index (χ0n) is 10.6. The predicted molar refractivity (Wildman–Crippen MR) is 72.3 cm³/mol. The van der Waals surface area contributed by atoms with Gasteiger partial charge >= 0.3 is 0 Å². The van der Waals surface area contributed by atoms with Gasteiger partial charge in [0.05, 0.1) is 0 Å². The lowest BCUT2D eigenvalue weighted by Crippen LogP contribution is -2.10. The van der Waals surface area contributed by atoms with Gasteiger partial charge in [-0.15, -0.1) is 0 Å². The van der Waals surface area contributed by atoms with Crippen molar-refractivity contribution in [1.29, 1.82) is 0 Å². The molecule has 94 valence electrons. The van der Waals surface area contributed by atoms with Crippen LogP contribution in [-0.2, 0) is 5.41 Å². The van der Waals surface area contributed by atoms with Crippen LogP contribution >= 0.6 is 11.6 Å². The molecule has 0 atom stereocenters. The quantitative estimate of drug-likeness (QED) is 0.760. The second-order valence-corrected chi connectivity index (χ2v) is 5.38. The normalized spacial score (nSPS) is 11.3. The second-order valence-electron chi connectivity index (χ2n) is 5.04. The third-order valence-corrected chi connectivity index (χ3v) is 2.73. The Morgan fingerprint density at radius 1 is 1.06 bits per heavy atom. The van der Waals surface area contributed by atoms with Gasteiger partial charge in [0.25, 0.3) is 0 Å². The van der Waals surface area contributed by atoms with Gasteiger partial charge in [0, 0.05) is 12.3 Å². The van der Waals surface area contributed by atoms with Crippen LogP contribution in [0, 0.1) is 0 Å². The molecule has 0 saturated carbocycles. The Bertz CT molecular complexity index is 532. The molecule has 0 radical (unpaired) electrons. The summed E-state index contributed by atoms with van der Waals surface area (Å²) in [6.07, 6.45) is 1.56. The van der Waals surface area contributed by atoms with Crippen LogP contribution in [0.25, 0.3) is 0 Å². The highest BCUT2D eigenvalue weighted by molar-refractivity contribution is 6.28. The molecule has 0 amide bonds. The van der Waals surface area contributed by atoms with Gasteiger partial charge in [-0.3, -0.25) is 0 Å². The van der Waals surface area contributed by atoms with Gasteiger partial charge in [0.15, 0.2) is 0 Å². The Morgan fingerprint density at radius 3 is 2.28 bits per heavy atom. The van der Waals surface area contributed by atoms with Crippen molar-refractivity contribution < 1.29 is 4.74 Å². The summed E-state index contributed by atoms with van der Waals surface area (Å²) in [6, 6.07) is 9.63. The maximum atomic E-state index is 5.69. The first-order chi connectivity index (χ1) is 8.45. The zero-order chi connectivity index (χ0) is 13.2. The number of rotatable bonds is 2. The number of halogens is 1. The lowest BCUT2D eigenvalue weighted by molar-refractivity contribution is 0.460. The van der Waals surface area contributed by atoms with E-state index >= 15 is 0 Å². The third-order valence-electron chi connectivity index (χ3n) is 2.54. The van der Waals surface area contributed by atoms with Gasteiger partial charge in [-0.25, -0.2) is 4.98 Å². The first kappa shape index (κ1) is 12.8. The highest BCUT2D eigenvalue weighted by Crippen LogP contribution is 2.26. The first-order valence-electron chi connectivity index (χ1n) is 5.72. The standard InChI is InChI=1S/C14H15ClN2O/c1-14(2,3)10-4-6-11(7-5-10)18-12-8-9-16-13(15)17-12/h4-9H,1-3H3. The van der Waals surface area contributed by atoms with E-state index in [1.165, 1.54) is 5.56 Å². The van der Waals surface area contributed by atoms with E-state index in [4.69, 9.17) is 16.3 Å². The molecular weight excluding hydrogens is 248 g/mol. The second kappa shape index (κ2) is 4.94. The zero-order valence-corrected chi connectivity index (χ0v) is 11.4. The summed E-state index contributed by atoms with van der Waals surface area (Å²) in [5.74, 6) is 1.18. The maximum absolute atomic E-state index is 5.69. The number of hydrogen-bond acceptors (Lipinski definition) is 3. The van der Waals surface area contributed by atoms with E-state index in [0.29, 0.717) is 5.88 Å². The van der Waals surface area contributed by atoms with Crippen LogP contribution < -0.4 is 4.74 Å². The first-order valence-corrected chi connectivity index (χ1v) is 6.10. The lowest BCUT2D eigenvalue weighted by atomic mass is 9.87. The molecule has 4 heteroatoms. The van der Waals surface area contributed by atoms with Gasteiger partial charge in [-0.05, 0) is 34.7 Å². The van der Waals surface area contributed by atoms with Gasteiger partial charge in [0.1, 0.15) is 5.75 Å². The molecule has 2 aromatic rings. The third kappa shape index (κ3) is 3.20. The van der Waals surface area contributed by atoms with Gasteiger partial charge in [0.2, 0.25) is 11.2 Å². The lowest BCUT2D eigenvalue weighted by Gasteiger charge is -2.19. The van der Waals surface area contributed by atoms with E-state index in [1.807, 2.05) is 12.1 Å². The summed E-state index contributed by atoms with van der Waals surface area (Å²) in [4.78, 5) is 7.77. The summed E-state index contributed by atoms with van der Waals surface area (Å²) >= 11 is 5.69. The van der Waals surface area contributed by atoms with E-state index in [2.05, 4.69) is 42.9 Å². The molecule has 1 aromatic carbocycles. The van der Waals surface area contributed by atoms with Crippen molar-refractivity contribution in [3.63, 3.8) is 0 Å². The van der Waals surface area contributed by atoms with Crippen molar-refractivity contribution >= 4 is 11.6 Å². The van der Waals surface area contributed by atoms with E-state index < -0.39 is 0 Å². The van der Waals surface area contributed by atoms with Crippen molar-refractivity contribution in [2.45, 2.75) is 26.2 Å². The molecule has 2 rings (SSSR count). The molecule has 3 nitrogen and oxygen atoms in total. The fraction of sp³-hybridized carbons (Fsp3) is 0.286. The Kier molecular flexibility index (Phi) is 3.53. The largest absolute Gasteiger partial charge is 0.439 e. The smallest absolute Gasteiger partial charge is 0.225 e. The molecule has 0 saturated heterocycles. The molecule has 0 fully saturated rings. The highest BCUT2D eigenvalue weighted by Gasteiger charge is 2.13. The summed E-state index contributed by atoms with van der Waals surface area (Å²) in [6.45, 7) is 6.52. The number of aromatic nitrogens is 2. The van der Waals surface area contributed by atoms with E-state index in [0.717, 1.165) is 5.75 Å². The highest BCUT2D eigenvalue weighted by atomic mass is 35.5. The molecule has 0 aliphatic carbocycles. The fourth-order valence-electron chi connectivity index (χ4n) is 1.52. The maximum Gasteiger partial charge on any atom is 0.225 e. The number of nitrogens with zero attached hydrogens (tertiary/aromatic N) is 2. The number of hydrogen-bond donors (Lipinski definition) is 0. The summed E-state index contributed by atoms with van der Waals surface area (Å²) in [5, 5.41) is 0.179. The average molecular weight is 263 g/mol. The van der Waals surface area contributed by atoms with Crippen molar-refractivity contribution in [2.75, 3.05) is 0 Å². The molecule has 18 heavy (non-hydrogen) atoms. The van der Waals surface area contributed by atoms with E-state index in [-0.39, 0.29) is 10.7 Å². The Hall–Kier alpha value is -1.61. The molecule has 0 N–H and O–H groups in total. The van der Waals surface area contributed by atoms with Crippen LogP contribution in [0.15, 0.2) is 36.5 Å². The Morgan fingerprint density at radius 2 is 1.72 bits per heavy atom. The monoisotopic (exact) mass is 262 g/mol. The fourth-order valence-corrected chi connectivity index (χ4v) is 1.66. The van der Waals surface area contributed by atoms with Crippen LogP contribution in [0.4, 0.5) is 0 Å². The van der Waals surface area contributed by atoms with Crippen molar-refractivity contribution in [3.8, 4) is 11.6 Å². The minimum atomic E-state index is 0.136. The SMILES string of the molecule is CC(C)(C)c1ccc(Oc2ccnc(Cl)n2)cc1. The Balaban J connectivity index is 2.16. The summed E-state index contributed by atoms with van der Waals surface area (Å²) < 4.78 is 5.59. The molecule has 1 aromatic heterocycles. The summed E-state index contributed by atoms with van der Waals surface area (Å²) in [7, 11) is 0. The predicted octanol–water partition coefficient (Wildman–Crippen LogP) is 4.22. The van der Waals surface area contributed by atoms with Crippen molar-refractivity contribution in [2.24, 2.45) is 0 Å². The molecule has 0 unspecified atom stereocenters. The summed E-state index contributed by atoms with van der Waals surface area (Å²) in [5.41, 5.74) is 1.40. The van der Waals surface area contributed by atoms with Gasteiger partial charge < -0.3 is 4.74 Å². The topological polar surface area (TPSA) is 35.0 Å². The van der Waals surface area contributed by atoms with Gasteiger partial charge in [-0.1, -0.05) is 32.9 Å². The van der Waals surface area contributed by atoms with Crippen LogP contribution in [0.5, 0.6) is 11.6 Å². The van der Waals surface area contributed by atoms with E-state index in [9.17, 15) is 0 Å². The van der Waals surface area contributed by atoms with Crippen molar-refractivity contribution in [3.05, 3.63) is 47.4 Å². The van der Waals surface area contributed by atoms with Crippen LogP contribution in [-0.4, -0.2) is 9.97 Å². The molecule has 0 aliphatic heterocycles. The minimum Gasteiger partial charge on any atom is -0.439 e. The number of benzene rings is 1. The average Bonchev–Trinajstić information content (AvgIpc) is 2.28. The molecule has 0 spiro atoms. The molecule has 1 heterocycles. The van der Waals surface area contributed by atoms with Crippen LogP contribution in [0.3, 0.4) is 0 Å². The van der Waals surface area contributed by atoms with Crippen LogP contribution in [0.2, 0.25) is 5.28 Å². The Labute approximate surface area is 112 Å². The molecule has 0 aliphatic rings.